The van der Waals surface area contributed by atoms with Gasteiger partial charge in [0.05, 0.1) is 10.3 Å². The second-order valence-corrected chi connectivity index (χ2v) is 7.34. The van der Waals surface area contributed by atoms with Gasteiger partial charge in [-0.25, -0.2) is 0 Å². The summed E-state index contributed by atoms with van der Waals surface area (Å²) in [5, 5.41) is 0. The van der Waals surface area contributed by atoms with E-state index in [4.69, 9.17) is 0 Å². The third-order valence-electron chi connectivity index (χ3n) is 2.46. The lowest BCUT2D eigenvalue weighted by Crippen LogP contribution is -2.25. The Kier molecular flexibility index (Phi) is 4.59. The number of carbonyl (C=O) groups excluding carboxylic acids is 1. The van der Waals surface area contributed by atoms with Crippen molar-refractivity contribution in [3.63, 3.8) is 0 Å². The lowest BCUT2D eigenvalue weighted by atomic mass is 10.2. The van der Waals surface area contributed by atoms with Crippen molar-refractivity contribution in [2.75, 3.05) is 7.05 Å². The number of rotatable bonds is 3. The molecule has 0 radical (unpaired) electrons. The minimum Gasteiger partial charge on any atom is -0.337 e. The van der Waals surface area contributed by atoms with Crippen LogP contribution in [-0.4, -0.2) is 17.9 Å². The Bertz CT molecular complexity index is 550. The Balaban J connectivity index is 2.07. The zero-order valence-electron chi connectivity index (χ0n) is 9.69. The first kappa shape index (κ1) is 13.8. The Hall–Kier alpha value is -0.650. The smallest absolute Gasteiger partial charge is 0.253 e. The van der Waals surface area contributed by atoms with Gasteiger partial charge in [0.2, 0.25) is 0 Å². The molecule has 18 heavy (non-hydrogen) atoms. The van der Waals surface area contributed by atoms with E-state index < -0.39 is 0 Å². The fraction of sp³-hybridized carbons (Fsp3) is 0.154. The lowest BCUT2D eigenvalue weighted by molar-refractivity contribution is 0.0786. The predicted octanol–water partition coefficient (Wildman–Crippen LogP) is 4.55. The van der Waals surface area contributed by atoms with Gasteiger partial charge in [0.1, 0.15) is 0 Å². The van der Waals surface area contributed by atoms with Gasteiger partial charge >= 0.3 is 0 Å². The van der Waals surface area contributed by atoms with Gasteiger partial charge < -0.3 is 4.90 Å². The minimum atomic E-state index is 0.0343. The summed E-state index contributed by atoms with van der Waals surface area (Å²) in [6, 6.07) is 11.4. The highest BCUT2D eigenvalue weighted by Crippen LogP contribution is 2.23. The van der Waals surface area contributed by atoms with E-state index in [2.05, 4.69) is 31.9 Å². The molecule has 0 aliphatic rings. The standard InChI is InChI=1S/C13H11Br2NOS/c1-16(8-11-6-7-12(15)18-11)13(17)9-2-4-10(14)5-3-9/h2-7H,8H2,1H3. The van der Waals surface area contributed by atoms with Crippen LogP contribution in [0.15, 0.2) is 44.7 Å². The molecule has 0 unspecified atom stereocenters. The van der Waals surface area contributed by atoms with Gasteiger partial charge in [-0.2, -0.15) is 0 Å². The first-order valence-corrected chi connectivity index (χ1v) is 7.72. The Morgan fingerprint density at radius 2 is 1.83 bits per heavy atom. The fourth-order valence-corrected chi connectivity index (χ4v) is 3.36. The maximum Gasteiger partial charge on any atom is 0.253 e. The number of hydrogen-bond donors (Lipinski definition) is 0. The highest BCUT2D eigenvalue weighted by atomic mass is 79.9. The van der Waals surface area contributed by atoms with E-state index in [0.29, 0.717) is 12.1 Å². The van der Waals surface area contributed by atoms with Crippen LogP contribution in [0.2, 0.25) is 0 Å². The van der Waals surface area contributed by atoms with Crippen LogP contribution in [0, 0.1) is 0 Å². The largest absolute Gasteiger partial charge is 0.337 e. The molecule has 0 aliphatic heterocycles. The summed E-state index contributed by atoms with van der Waals surface area (Å²) < 4.78 is 2.06. The zero-order chi connectivity index (χ0) is 13.1. The number of amides is 1. The van der Waals surface area contributed by atoms with Gasteiger partial charge in [0, 0.05) is 22.0 Å². The molecule has 0 N–H and O–H groups in total. The number of nitrogens with zero attached hydrogens (tertiary/aromatic N) is 1. The van der Waals surface area contributed by atoms with E-state index >= 15 is 0 Å². The summed E-state index contributed by atoms with van der Waals surface area (Å²) >= 11 is 8.43. The second-order valence-electron chi connectivity index (χ2n) is 3.87. The quantitative estimate of drug-likeness (QED) is 0.755. The molecule has 2 rings (SSSR count). The molecule has 2 aromatic rings. The average molecular weight is 389 g/mol. The Labute approximate surface area is 127 Å². The lowest BCUT2D eigenvalue weighted by Gasteiger charge is -2.16. The average Bonchev–Trinajstić information content (AvgIpc) is 2.75. The van der Waals surface area contributed by atoms with Crippen LogP contribution in [0.3, 0.4) is 0 Å². The molecule has 0 aliphatic carbocycles. The molecule has 0 bridgehead atoms. The molecule has 1 heterocycles. The van der Waals surface area contributed by atoms with Gasteiger partial charge in [0.15, 0.2) is 0 Å². The van der Waals surface area contributed by atoms with Crippen molar-refractivity contribution >= 4 is 49.1 Å². The molecular weight excluding hydrogens is 378 g/mol. The Morgan fingerprint density at radius 1 is 1.17 bits per heavy atom. The molecule has 2 nitrogen and oxygen atoms in total. The van der Waals surface area contributed by atoms with E-state index in [1.165, 1.54) is 0 Å². The predicted molar refractivity (Wildman–Crippen MR) is 82.0 cm³/mol. The van der Waals surface area contributed by atoms with E-state index in [9.17, 15) is 4.79 Å². The van der Waals surface area contributed by atoms with Crippen molar-refractivity contribution in [1.82, 2.24) is 4.90 Å². The molecule has 0 spiro atoms. The number of carbonyl (C=O) groups is 1. The Morgan fingerprint density at radius 3 is 2.39 bits per heavy atom. The first-order valence-electron chi connectivity index (χ1n) is 5.31. The number of thiophene rings is 1. The number of hydrogen-bond acceptors (Lipinski definition) is 2. The molecule has 0 saturated heterocycles. The normalized spacial score (nSPS) is 10.4. The van der Waals surface area contributed by atoms with Crippen molar-refractivity contribution in [3.8, 4) is 0 Å². The maximum absolute atomic E-state index is 12.2. The molecular formula is C13H11Br2NOS. The number of benzene rings is 1. The van der Waals surface area contributed by atoms with E-state index in [0.717, 1.165) is 13.1 Å². The van der Waals surface area contributed by atoms with Crippen molar-refractivity contribution in [2.45, 2.75) is 6.54 Å². The van der Waals surface area contributed by atoms with Crippen molar-refractivity contribution in [3.05, 3.63) is 55.1 Å². The van der Waals surface area contributed by atoms with Gasteiger partial charge in [-0.3, -0.25) is 4.79 Å². The van der Waals surface area contributed by atoms with Crippen LogP contribution < -0.4 is 0 Å². The summed E-state index contributed by atoms with van der Waals surface area (Å²) in [6.45, 7) is 0.630. The highest BCUT2D eigenvalue weighted by molar-refractivity contribution is 9.11. The summed E-state index contributed by atoms with van der Waals surface area (Å²) in [7, 11) is 1.82. The van der Waals surface area contributed by atoms with Crippen LogP contribution in [0.1, 0.15) is 15.2 Å². The van der Waals surface area contributed by atoms with Crippen molar-refractivity contribution in [1.29, 1.82) is 0 Å². The maximum atomic E-state index is 12.2. The SMILES string of the molecule is CN(Cc1ccc(Br)s1)C(=O)c1ccc(Br)cc1. The molecule has 0 fully saturated rings. The third kappa shape index (κ3) is 3.43. The summed E-state index contributed by atoms with van der Waals surface area (Å²) in [5.74, 6) is 0.0343. The van der Waals surface area contributed by atoms with Crippen LogP contribution in [0.5, 0.6) is 0 Å². The number of halogens is 2. The monoisotopic (exact) mass is 387 g/mol. The molecule has 1 aromatic carbocycles. The summed E-state index contributed by atoms with van der Waals surface area (Å²) in [5.41, 5.74) is 0.705. The van der Waals surface area contributed by atoms with E-state index in [1.54, 1.807) is 16.2 Å². The zero-order valence-corrected chi connectivity index (χ0v) is 13.7. The van der Waals surface area contributed by atoms with Crippen molar-refractivity contribution < 1.29 is 4.79 Å². The molecule has 0 atom stereocenters. The van der Waals surface area contributed by atoms with Crippen LogP contribution in [-0.2, 0) is 6.54 Å². The van der Waals surface area contributed by atoms with E-state index in [-0.39, 0.29) is 5.91 Å². The molecule has 94 valence electrons. The van der Waals surface area contributed by atoms with Gasteiger partial charge in [-0.1, -0.05) is 15.9 Å². The van der Waals surface area contributed by atoms with E-state index in [1.807, 2.05) is 43.4 Å². The van der Waals surface area contributed by atoms with Gasteiger partial charge in [0.25, 0.3) is 5.91 Å². The minimum absolute atomic E-state index is 0.0343. The van der Waals surface area contributed by atoms with Crippen LogP contribution in [0.4, 0.5) is 0 Å². The third-order valence-corrected chi connectivity index (χ3v) is 4.60. The molecule has 1 aromatic heterocycles. The highest BCUT2D eigenvalue weighted by Gasteiger charge is 2.12. The first-order chi connectivity index (χ1) is 8.56. The summed E-state index contributed by atoms with van der Waals surface area (Å²) in [4.78, 5) is 15.1. The summed E-state index contributed by atoms with van der Waals surface area (Å²) in [6.07, 6.45) is 0. The van der Waals surface area contributed by atoms with Crippen molar-refractivity contribution in [2.24, 2.45) is 0 Å². The molecule has 1 amide bonds. The van der Waals surface area contributed by atoms with Gasteiger partial charge in [-0.05, 0) is 52.3 Å². The van der Waals surface area contributed by atoms with Gasteiger partial charge in [-0.15, -0.1) is 11.3 Å². The molecule has 5 heteroatoms. The fourth-order valence-electron chi connectivity index (χ4n) is 1.56. The van der Waals surface area contributed by atoms with Crippen LogP contribution in [0.25, 0.3) is 0 Å². The molecule has 0 saturated carbocycles. The second kappa shape index (κ2) is 5.99. The topological polar surface area (TPSA) is 20.3 Å². The van der Waals surface area contributed by atoms with Crippen LogP contribution >= 0.6 is 43.2 Å².